The zero-order valence-electron chi connectivity index (χ0n) is 9.47. The Hall–Kier alpha value is -1.43. The van der Waals surface area contributed by atoms with Gasteiger partial charge in [0, 0.05) is 20.3 Å². The molecule has 0 aliphatic rings. The molecule has 3 nitrogen and oxygen atoms in total. The third-order valence-corrected chi connectivity index (χ3v) is 2.22. The van der Waals surface area contributed by atoms with E-state index in [0.717, 1.165) is 18.6 Å². The Morgan fingerprint density at radius 3 is 2.59 bits per heavy atom. The van der Waals surface area contributed by atoms with E-state index >= 15 is 0 Å². The van der Waals surface area contributed by atoms with Crippen LogP contribution in [-0.2, 0) is 10.9 Å². The topological polar surface area (TPSA) is 47.3 Å². The first kappa shape index (κ1) is 13.6. The summed E-state index contributed by atoms with van der Waals surface area (Å²) >= 11 is 0. The molecule has 0 fully saturated rings. The average Bonchev–Trinajstić information content (AvgIpc) is 2.24. The highest BCUT2D eigenvalue weighted by molar-refractivity contribution is 5.67. The van der Waals surface area contributed by atoms with Crippen molar-refractivity contribution in [2.45, 2.75) is 12.6 Å². The quantitative estimate of drug-likeness (QED) is 0.622. The van der Waals surface area contributed by atoms with Crippen LogP contribution < -0.4 is 11.1 Å². The fourth-order valence-electron chi connectivity index (χ4n) is 1.34. The molecule has 96 valence electrons. The van der Waals surface area contributed by atoms with Gasteiger partial charge in [0.15, 0.2) is 0 Å². The first-order valence-electron chi connectivity index (χ1n) is 5.14. The molecular formula is C11H15F3N2O. The van der Waals surface area contributed by atoms with Crippen LogP contribution in [0.1, 0.15) is 12.0 Å². The van der Waals surface area contributed by atoms with E-state index in [4.69, 9.17) is 10.5 Å². The maximum atomic E-state index is 12.4. The van der Waals surface area contributed by atoms with Gasteiger partial charge in [0.1, 0.15) is 0 Å². The summed E-state index contributed by atoms with van der Waals surface area (Å²) < 4.78 is 41.9. The molecule has 1 rings (SSSR count). The van der Waals surface area contributed by atoms with E-state index in [1.807, 2.05) is 0 Å². The van der Waals surface area contributed by atoms with E-state index in [1.165, 1.54) is 6.07 Å². The molecule has 0 unspecified atom stereocenters. The largest absolute Gasteiger partial charge is 0.416 e. The molecular weight excluding hydrogens is 233 g/mol. The minimum Gasteiger partial charge on any atom is -0.397 e. The van der Waals surface area contributed by atoms with Gasteiger partial charge in [-0.1, -0.05) is 0 Å². The van der Waals surface area contributed by atoms with Gasteiger partial charge in [-0.25, -0.2) is 0 Å². The third-order valence-electron chi connectivity index (χ3n) is 2.22. The molecule has 0 aliphatic carbocycles. The molecule has 0 spiro atoms. The lowest BCUT2D eigenvalue weighted by Gasteiger charge is -2.12. The number of alkyl halides is 3. The summed E-state index contributed by atoms with van der Waals surface area (Å²) in [7, 11) is 1.59. The fourth-order valence-corrected chi connectivity index (χ4v) is 1.34. The predicted molar refractivity (Wildman–Crippen MR) is 60.8 cm³/mol. The normalized spacial score (nSPS) is 11.5. The molecule has 0 bridgehead atoms. The van der Waals surface area contributed by atoms with Gasteiger partial charge >= 0.3 is 6.18 Å². The highest BCUT2D eigenvalue weighted by atomic mass is 19.4. The Balaban J connectivity index is 2.64. The molecule has 0 saturated heterocycles. The monoisotopic (exact) mass is 248 g/mol. The first-order chi connectivity index (χ1) is 7.95. The third kappa shape index (κ3) is 4.14. The number of benzene rings is 1. The summed E-state index contributed by atoms with van der Waals surface area (Å²) in [5, 5.41) is 2.95. The maximum absolute atomic E-state index is 12.4. The Morgan fingerprint density at radius 2 is 2.06 bits per heavy atom. The molecule has 0 aromatic heterocycles. The molecule has 6 heteroatoms. The Labute approximate surface area is 97.8 Å². The summed E-state index contributed by atoms with van der Waals surface area (Å²) in [5.74, 6) is 0. The van der Waals surface area contributed by atoms with Crippen molar-refractivity contribution in [2.75, 3.05) is 31.3 Å². The summed E-state index contributed by atoms with van der Waals surface area (Å²) in [4.78, 5) is 0. The maximum Gasteiger partial charge on any atom is 0.416 e. The molecule has 1 aromatic rings. The van der Waals surface area contributed by atoms with Crippen molar-refractivity contribution in [1.29, 1.82) is 0 Å². The summed E-state index contributed by atoms with van der Waals surface area (Å²) in [6.07, 6.45) is -3.60. The molecule has 0 saturated carbocycles. The van der Waals surface area contributed by atoms with E-state index in [9.17, 15) is 13.2 Å². The lowest BCUT2D eigenvalue weighted by atomic mass is 10.1. The number of nitrogens with one attached hydrogen (secondary N) is 1. The first-order valence-corrected chi connectivity index (χ1v) is 5.14. The van der Waals surface area contributed by atoms with Crippen molar-refractivity contribution in [3.63, 3.8) is 0 Å². The number of hydrogen-bond donors (Lipinski definition) is 2. The molecule has 0 radical (unpaired) electrons. The minimum atomic E-state index is -4.36. The highest BCUT2D eigenvalue weighted by Crippen LogP contribution is 2.32. The molecule has 1 aromatic carbocycles. The zero-order chi connectivity index (χ0) is 12.9. The van der Waals surface area contributed by atoms with E-state index in [-0.39, 0.29) is 5.69 Å². The van der Waals surface area contributed by atoms with Crippen molar-refractivity contribution < 1.29 is 17.9 Å². The van der Waals surface area contributed by atoms with Crippen LogP contribution in [0.2, 0.25) is 0 Å². The van der Waals surface area contributed by atoms with Crippen LogP contribution in [0.5, 0.6) is 0 Å². The van der Waals surface area contributed by atoms with E-state index in [2.05, 4.69) is 5.32 Å². The van der Waals surface area contributed by atoms with Crippen LogP contribution in [0.3, 0.4) is 0 Å². The number of hydrogen-bond acceptors (Lipinski definition) is 3. The van der Waals surface area contributed by atoms with Gasteiger partial charge in [0.25, 0.3) is 0 Å². The summed E-state index contributed by atoms with van der Waals surface area (Å²) in [6, 6.07) is 3.28. The molecule has 0 atom stereocenters. The van der Waals surface area contributed by atoms with Crippen molar-refractivity contribution in [2.24, 2.45) is 0 Å². The summed E-state index contributed by atoms with van der Waals surface area (Å²) in [5.41, 5.74) is 5.40. The Bertz CT molecular complexity index is 366. The fraction of sp³-hybridized carbons (Fsp3) is 0.455. The predicted octanol–water partition coefficient (Wildman–Crippen LogP) is 2.74. The molecule has 17 heavy (non-hydrogen) atoms. The van der Waals surface area contributed by atoms with Crippen LogP contribution in [-0.4, -0.2) is 20.3 Å². The van der Waals surface area contributed by atoms with Gasteiger partial charge in [-0.15, -0.1) is 0 Å². The molecule has 0 aliphatic heterocycles. The second-order valence-corrected chi connectivity index (χ2v) is 3.57. The van der Waals surface area contributed by atoms with Gasteiger partial charge in [-0.05, 0) is 24.6 Å². The minimum absolute atomic E-state index is 0.0947. The van der Waals surface area contributed by atoms with Crippen LogP contribution in [0, 0.1) is 0 Å². The average molecular weight is 248 g/mol. The van der Waals surface area contributed by atoms with E-state index in [0.29, 0.717) is 18.8 Å². The van der Waals surface area contributed by atoms with Gasteiger partial charge in [0.2, 0.25) is 0 Å². The van der Waals surface area contributed by atoms with Crippen molar-refractivity contribution >= 4 is 11.4 Å². The number of halogens is 3. The standard InChI is InChI=1S/C11H15F3N2O/c1-17-6-2-5-16-10-4-3-8(7-9(10)15)11(12,13)14/h3-4,7,16H,2,5-6,15H2,1H3. The molecule has 0 amide bonds. The van der Waals surface area contributed by atoms with Crippen LogP contribution in [0.15, 0.2) is 18.2 Å². The van der Waals surface area contributed by atoms with Crippen LogP contribution >= 0.6 is 0 Å². The van der Waals surface area contributed by atoms with Gasteiger partial charge in [-0.2, -0.15) is 13.2 Å². The summed E-state index contributed by atoms with van der Waals surface area (Å²) in [6.45, 7) is 1.19. The van der Waals surface area contributed by atoms with Gasteiger partial charge < -0.3 is 15.8 Å². The Kier molecular flexibility index (Phi) is 4.62. The Morgan fingerprint density at radius 1 is 1.35 bits per heavy atom. The van der Waals surface area contributed by atoms with Crippen LogP contribution in [0.25, 0.3) is 0 Å². The van der Waals surface area contributed by atoms with E-state index < -0.39 is 11.7 Å². The second-order valence-electron chi connectivity index (χ2n) is 3.57. The van der Waals surface area contributed by atoms with Crippen molar-refractivity contribution in [3.8, 4) is 0 Å². The number of rotatable bonds is 5. The number of nitrogen functional groups attached to an aromatic ring is 1. The molecule has 0 heterocycles. The number of anilines is 2. The van der Waals surface area contributed by atoms with Gasteiger partial charge in [0.05, 0.1) is 16.9 Å². The second kappa shape index (κ2) is 5.77. The zero-order valence-corrected chi connectivity index (χ0v) is 9.47. The smallest absolute Gasteiger partial charge is 0.397 e. The lowest BCUT2D eigenvalue weighted by molar-refractivity contribution is -0.137. The van der Waals surface area contributed by atoms with Gasteiger partial charge in [-0.3, -0.25) is 0 Å². The number of ether oxygens (including phenoxy) is 1. The van der Waals surface area contributed by atoms with E-state index in [1.54, 1.807) is 7.11 Å². The van der Waals surface area contributed by atoms with Crippen molar-refractivity contribution in [1.82, 2.24) is 0 Å². The van der Waals surface area contributed by atoms with Crippen LogP contribution in [0.4, 0.5) is 24.5 Å². The lowest BCUT2D eigenvalue weighted by Crippen LogP contribution is -2.09. The number of nitrogens with two attached hydrogens (primary N) is 1. The number of methoxy groups -OCH3 is 1. The van der Waals surface area contributed by atoms with Crippen molar-refractivity contribution in [3.05, 3.63) is 23.8 Å². The SMILES string of the molecule is COCCCNc1ccc(C(F)(F)F)cc1N. The highest BCUT2D eigenvalue weighted by Gasteiger charge is 2.30. The molecule has 3 N–H and O–H groups in total.